The Labute approximate surface area is 179 Å². The number of benzene rings is 2. The number of carbonyl (C=O) groups excluding carboxylic acids is 2. The van der Waals surface area contributed by atoms with Gasteiger partial charge in [0.2, 0.25) is 0 Å². The summed E-state index contributed by atoms with van der Waals surface area (Å²) in [6.07, 6.45) is 3.20. The average molecular weight is 419 g/mol. The monoisotopic (exact) mass is 418 g/mol. The van der Waals surface area contributed by atoms with Gasteiger partial charge in [0, 0.05) is 28.7 Å². The molecule has 1 aliphatic heterocycles. The van der Waals surface area contributed by atoms with Crippen LogP contribution in [0, 0.1) is 13.8 Å². The number of hydrogen-bond acceptors (Lipinski definition) is 4. The number of aromatic nitrogens is 1. The largest absolute Gasteiger partial charge is 0.507 e. The van der Waals surface area contributed by atoms with Gasteiger partial charge in [0.15, 0.2) is 0 Å². The molecule has 6 heteroatoms. The van der Waals surface area contributed by atoms with Gasteiger partial charge in [-0.2, -0.15) is 0 Å². The average Bonchev–Trinajstić information content (AvgIpc) is 3.01. The molecule has 1 fully saturated rings. The number of nitrogens with zero attached hydrogens (tertiary/aromatic N) is 2. The van der Waals surface area contributed by atoms with Crippen LogP contribution in [0.5, 0.6) is 0 Å². The predicted molar refractivity (Wildman–Crippen MR) is 116 cm³/mol. The molecule has 0 radical (unpaired) electrons. The molecule has 1 N–H and O–H groups in total. The fourth-order valence-corrected chi connectivity index (χ4v) is 3.83. The third-order valence-corrected chi connectivity index (χ3v) is 5.68. The van der Waals surface area contributed by atoms with Crippen LogP contribution in [0.25, 0.3) is 5.76 Å². The van der Waals surface area contributed by atoms with Gasteiger partial charge in [-0.15, -0.1) is 0 Å². The molecule has 1 aromatic heterocycles. The molecule has 0 spiro atoms. The first-order chi connectivity index (χ1) is 14.4. The number of ketones is 1. The fraction of sp³-hybridized carbons (Fsp3) is 0.125. The highest BCUT2D eigenvalue weighted by molar-refractivity contribution is 6.52. The minimum absolute atomic E-state index is 0.0243. The van der Waals surface area contributed by atoms with Gasteiger partial charge in [-0.25, -0.2) is 0 Å². The highest BCUT2D eigenvalue weighted by Gasteiger charge is 2.47. The first-order valence-electron chi connectivity index (χ1n) is 9.43. The maximum Gasteiger partial charge on any atom is 0.300 e. The number of pyridine rings is 1. The molecular formula is C24H19ClN2O3. The van der Waals surface area contributed by atoms with Gasteiger partial charge in [-0.3, -0.25) is 19.5 Å². The molecular weight excluding hydrogens is 400 g/mol. The summed E-state index contributed by atoms with van der Waals surface area (Å²) in [6, 6.07) is 15.0. The van der Waals surface area contributed by atoms with Crippen molar-refractivity contribution < 1.29 is 14.7 Å². The first-order valence-corrected chi connectivity index (χ1v) is 9.81. The lowest BCUT2D eigenvalue weighted by Gasteiger charge is -2.26. The van der Waals surface area contributed by atoms with Gasteiger partial charge in [0.25, 0.3) is 11.7 Å². The number of aliphatic hydroxyl groups is 1. The van der Waals surface area contributed by atoms with E-state index in [1.165, 1.54) is 4.90 Å². The summed E-state index contributed by atoms with van der Waals surface area (Å²) in [4.78, 5) is 31.7. The van der Waals surface area contributed by atoms with Crippen LogP contribution in [-0.4, -0.2) is 21.8 Å². The molecule has 2 aromatic carbocycles. The summed E-state index contributed by atoms with van der Waals surface area (Å²) >= 11 is 6.28. The number of aryl methyl sites for hydroxylation is 1. The van der Waals surface area contributed by atoms with Crippen LogP contribution in [-0.2, 0) is 9.59 Å². The Hall–Kier alpha value is -3.44. The van der Waals surface area contributed by atoms with E-state index in [0.717, 1.165) is 5.56 Å². The standard InChI is InChI=1S/C24H19ClN2O3/c1-14-8-10-16(11-9-14)22(28)20-21(17-5-4-12-26-13-17)27(24(30)23(20)29)19-7-3-6-18(25)15(19)2/h3-13,21,28H,1-2H3/b22-20+. The lowest BCUT2D eigenvalue weighted by Crippen LogP contribution is -2.30. The zero-order chi connectivity index (χ0) is 21.4. The third kappa shape index (κ3) is 3.27. The number of carbonyl (C=O) groups is 2. The minimum Gasteiger partial charge on any atom is -0.507 e. The summed E-state index contributed by atoms with van der Waals surface area (Å²) in [6.45, 7) is 3.72. The van der Waals surface area contributed by atoms with E-state index >= 15 is 0 Å². The number of rotatable bonds is 3. The molecule has 0 aliphatic carbocycles. The molecule has 2 heterocycles. The molecule has 3 aromatic rings. The maximum absolute atomic E-state index is 13.1. The highest BCUT2D eigenvalue weighted by atomic mass is 35.5. The number of Topliss-reactive ketones (excluding diaryl/α,β-unsaturated/α-hetero) is 1. The smallest absolute Gasteiger partial charge is 0.300 e. The van der Waals surface area contributed by atoms with Crippen molar-refractivity contribution in [3.8, 4) is 0 Å². The SMILES string of the molecule is Cc1ccc(/C(O)=C2\C(=O)C(=O)N(c3cccc(Cl)c3C)C2c2cccnc2)cc1. The van der Waals surface area contributed by atoms with Crippen LogP contribution in [0.15, 0.2) is 72.6 Å². The molecule has 1 aliphatic rings. The van der Waals surface area contributed by atoms with Crippen molar-refractivity contribution in [3.05, 3.63) is 99.8 Å². The highest BCUT2D eigenvalue weighted by Crippen LogP contribution is 2.43. The number of anilines is 1. The third-order valence-electron chi connectivity index (χ3n) is 5.27. The molecule has 1 saturated heterocycles. The van der Waals surface area contributed by atoms with Crippen molar-refractivity contribution in [1.82, 2.24) is 4.98 Å². The van der Waals surface area contributed by atoms with Crippen molar-refractivity contribution in [2.24, 2.45) is 0 Å². The van der Waals surface area contributed by atoms with Crippen LogP contribution < -0.4 is 4.90 Å². The zero-order valence-corrected chi connectivity index (χ0v) is 17.2. The summed E-state index contributed by atoms with van der Waals surface area (Å²) in [5, 5.41) is 11.5. The lowest BCUT2D eigenvalue weighted by atomic mass is 9.95. The van der Waals surface area contributed by atoms with E-state index < -0.39 is 17.7 Å². The second kappa shape index (κ2) is 7.76. The summed E-state index contributed by atoms with van der Waals surface area (Å²) < 4.78 is 0. The fourth-order valence-electron chi connectivity index (χ4n) is 3.66. The molecule has 1 amide bonds. The van der Waals surface area contributed by atoms with E-state index in [1.54, 1.807) is 61.8 Å². The van der Waals surface area contributed by atoms with Crippen LogP contribution in [0.4, 0.5) is 5.69 Å². The van der Waals surface area contributed by atoms with Gasteiger partial charge in [0.1, 0.15) is 5.76 Å². The Morgan fingerprint density at radius 2 is 1.77 bits per heavy atom. The first kappa shape index (κ1) is 19.9. The molecule has 1 unspecified atom stereocenters. The molecule has 0 bridgehead atoms. The van der Waals surface area contributed by atoms with Crippen LogP contribution in [0.2, 0.25) is 5.02 Å². The topological polar surface area (TPSA) is 70.5 Å². The van der Waals surface area contributed by atoms with Crippen molar-refractivity contribution in [3.63, 3.8) is 0 Å². The normalized spacial score (nSPS) is 18.1. The lowest BCUT2D eigenvalue weighted by molar-refractivity contribution is -0.132. The van der Waals surface area contributed by atoms with Gasteiger partial charge >= 0.3 is 0 Å². The molecule has 5 nitrogen and oxygen atoms in total. The van der Waals surface area contributed by atoms with Gasteiger partial charge in [0.05, 0.1) is 11.6 Å². The van der Waals surface area contributed by atoms with E-state index in [2.05, 4.69) is 4.98 Å². The minimum atomic E-state index is -0.822. The van der Waals surface area contributed by atoms with Crippen LogP contribution in [0.3, 0.4) is 0 Å². The summed E-state index contributed by atoms with van der Waals surface area (Å²) in [5.41, 5.74) is 3.31. The van der Waals surface area contributed by atoms with Gasteiger partial charge < -0.3 is 5.11 Å². The molecule has 30 heavy (non-hydrogen) atoms. The van der Waals surface area contributed by atoms with E-state index in [4.69, 9.17) is 11.6 Å². The summed E-state index contributed by atoms with van der Waals surface area (Å²) in [7, 11) is 0. The number of amides is 1. The van der Waals surface area contributed by atoms with E-state index in [9.17, 15) is 14.7 Å². The Morgan fingerprint density at radius 3 is 2.43 bits per heavy atom. The Morgan fingerprint density at radius 1 is 1.03 bits per heavy atom. The van der Waals surface area contributed by atoms with E-state index in [-0.39, 0.29) is 11.3 Å². The molecule has 1 atom stereocenters. The van der Waals surface area contributed by atoms with Crippen molar-refractivity contribution in [1.29, 1.82) is 0 Å². The van der Waals surface area contributed by atoms with Crippen molar-refractivity contribution in [2.45, 2.75) is 19.9 Å². The Kier molecular flexibility index (Phi) is 5.14. The maximum atomic E-state index is 13.1. The summed E-state index contributed by atoms with van der Waals surface area (Å²) in [5.74, 6) is -1.69. The van der Waals surface area contributed by atoms with Crippen LogP contribution in [0.1, 0.15) is 28.3 Å². The molecule has 0 saturated carbocycles. The van der Waals surface area contributed by atoms with Crippen molar-refractivity contribution in [2.75, 3.05) is 4.90 Å². The number of aliphatic hydroxyl groups excluding tert-OH is 1. The number of hydrogen-bond donors (Lipinski definition) is 1. The molecule has 4 rings (SSSR count). The Balaban J connectivity index is 1.97. The van der Waals surface area contributed by atoms with Gasteiger partial charge in [-0.1, -0.05) is 53.6 Å². The van der Waals surface area contributed by atoms with E-state index in [0.29, 0.717) is 27.4 Å². The van der Waals surface area contributed by atoms with Crippen molar-refractivity contribution >= 4 is 34.7 Å². The second-order valence-electron chi connectivity index (χ2n) is 7.21. The quantitative estimate of drug-likeness (QED) is 0.370. The second-order valence-corrected chi connectivity index (χ2v) is 7.61. The van der Waals surface area contributed by atoms with E-state index in [1.807, 2.05) is 19.1 Å². The molecule has 150 valence electrons. The predicted octanol–water partition coefficient (Wildman–Crippen LogP) is 4.98. The van der Waals surface area contributed by atoms with Crippen LogP contribution >= 0.6 is 11.6 Å². The van der Waals surface area contributed by atoms with Gasteiger partial charge in [-0.05, 0) is 43.2 Å². The Bertz CT molecular complexity index is 1170. The number of halogens is 1. The zero-order valence-electron chi connectivity index (χ0n) is 16.5.